The van der Waals surface area contributed by atoms with Crippen molar-refractivity contribution in [3.8, 4) is 5.69 Å². The molecule has 130 valence electrons. The van der Waals surface area contributed by atoms with E-state index in [0.717, 1.165) is 31.6 Å². The molecule has 1 atom stereocenters. The molecule has 1 aliphatic heterocycles. The van der Waals surface area contributed by atoms with Gasteiger partial charge in [0.15, 0.2) is 5.69 Å². The fourth-order valence-corrected chi connectivity index (χ4v) is 3.20. The van der Waals surface area contributed by atoms with Gasteiger partial charge in [0.25, 0.3) is 5.91 Å². The van der Waals surface area contributed by atoms with Gasteiger partial charge < -0.3 is 10.2 Å². The number of rotatable bonds is 4. The molecular weight excluding hydrogens is 371 g/mol. The second-order valence-electron chi connectivity index (χ2n) is 5.60. The van der Waals surface area contributed by atoms with Gasteiger partial charge in [-0.05, 0) is 44.2 Å². The number of benzene rings is 1. The molecular formula is C16H19Cl3N4O. The number of nitrogens with one attached hydrogen (secondary N) is 1. The lowest BCUT2D eigenvalue weighted by atomic mass is 10.2. The van der Waals surface area contributed by atoms with Gasteiger partial charge in [0.05, 0.1) is 15.7 Å². The largest absolute Gasteiger partial charge is 0.333 e. The van der Waals surface area contributed by atoms with Crippen LogP contribution < -0.4 is 5.32 Å². The van der Waals surface area contributed by atoms with Crippen LogP contribution in [-0.2, 0) is 0 Å². The number of aromatic nitrogens is 2. The lowest BCUT2D eigenvalue weighted by Crippen LogP contribution is -2.41. The molecule has 0 radical (unpaired) electrons. The van der Waals surface area contributed by atoms with Gasteiger partial charge in [-0.25, -0.2) is 4.68 Å². The summed E-state index contributed by atoms with van der Waals surface area (Å²) in [7, 11) is 1.90. The first-order valence-corrected chi connectivity index (χ1v) is 8.32. The van der Waals surface area contributed by atoms with Crippen LogP contribution in [0.15, 0.2) is 30.5 Å². The Morgan fingerprint density at radius 2 is 2.12 bits per heavy atom. The number of halogens is 3. The number of hydrogen-bond acceptors (Lipinski definition) is 3. The molecule has 3 rings (SSSR count). The minimum Gasteiger partial charge on any atom is -0.333 e. The van der Waals surface area contributed by atoms with Gasteiger partial charge in [-0.1, -0.05) is 23.2 Å². The third-order valence-electron chi connectivity index (χ3n) is 4.05. The van der Waals surface area contributed by atoms with Crippen molar-refractivity contribution >= 4 is 41.5 Å². The highest BCUT2D eigenvalue weighted by Crippen LogP contribution is 2.24. The Labute approximate surface area is 157 Å². The quantitative estimate of drug-likeness (QED) is 0.871. The lowest BCUT2D eigenvalue weighted by Gasteiger charge is -2.23. The molecule has 5 nitrogen and oxygen atoms in total. The van der Waals surface area contributed by atoms with Crippen molar-refractivity contribution < 1.29 is 4.79 Å². The minimum atomic E-state index is -0.0263. The van der Waals surface area contributed by atoms with Crippen LogP contribution in [0.2, 0.25) is 10.0 Å². The molecule has 1 aliphatic rings. The van der Waals surface area contributed by atoms with E-state index in [1.807, 2.05) is 18.0 Å². The Kier molecular flexibility index (Phi) is 6.52. The number of hydrogen-bond donors (Lipinski definition) is 1. The average Bonchev–Trinajstić information content (AvgIpc) is 3.19. The van der Waals surface area contributed by atoms with E-state index in [2.05, 4.69) is 10.4 Å². The molecule has 1 amide bonds. The van der Waals surface area contributed by atoms with Crippen molar-refractivity contribution in [1.82, 2.24) is 20.0 Å². The first-order chi connectivity index (χ1) is 11.1. The van der Waals surface area contributed by atoms with Crippen LogP contribution in [0, 0.1) is 0 Å². The summed E-state index contributed by atoms with van der Waals surface area (Å²) >= 11 is 12.0. The summed E-state index contributed by atoms with van der Waals surface area (Å²) in [6, 6.07) is 7.23. The third-order valence-corrected chi connectivity index (χ3v) is 4.79. The van der Waals surface area contributed by atoms with Gasteiger partial charge in [-0.15, -0.1) is 12.4 Å². The summed E-state index contributed by atoms with van der Waals surface area (Å²) in [5.74, 6) is -0.0263. The smallest absolute Gasteiger partial charge is 0.274 e. The van der Waals surface area contributed by atoms with E-state index in [1.165, 1.54) is 0 Å². The molecule has 1 saturated heterocycles. The summed E-state index contributed by atoms with van der Waals surface area (Å²) in [6.07, 6.45) is 3.82. The zero-order valence-electron chi connectivity index (χ0n) is 13.2. The topological polar surface area (TPSA) is 50.2 Å². The van der Waals surface area contributed by atoms with Crippen molar-refractivity contribution in [2.24, 2.45) is 0 Å². The summed E-state index contributed by atoms with van der Waals surface area (Å²) in [5, 5.41) is 8.49. The third kappa shape index (κ3) is 3.86. The maximum absolute atomic E-state index is 12.7. The van der Waals surface area contributed by atoms with Crippen LogP contribution in [0.4, 0.5) is 0 Å². The van der Waals surface area contributed by atoms with Crippen LogP contribution in [-0.4, -0.2) is 46.8 Å². The summed E-state index contributed by atoms with van der Waals surface area (Å²) in [6.45, 7) is 1.59. The van der Waals surface area contributed by atoms with Crippen molar-refractivity contribution in [2.45, 2.75) is 18.9 Å². The van der Waals surface area contributed by atoms with E-state index in [4.69, 9.17) is 23.2 Å². The van der Waals surface area contributed by atoms with E-state index in [-0.39, 0.29) is 24.4 Å². The lowest BCUT2D eigenvalue weighted by molar-refractivity contribution is 0.0730. The number of likely N-dealkylation sites (N-methyl/N-ethyl adjacent to an activating group) is 1. The van der Waals surface area contributed by atoms with Crippen LogP contribution in [0.5, 0.6) is 0 Å². The first kappa shape index (κ1) is 19.1. The molecule has 8 heteroatoms. The molecule has 1 aromatic carbocycles. The normalized spacial score (nSPS) is 17.0. The van der Waals surface area contributed by atoms with E-state index < -0.39 is 0 Å². The Balaban J connectivity index is 0.00000208. The van der Waals surface area contributed by atoms with Crippen LogP contribution in [0.25, 0.3) is 5.69 Å². The minimum absolute atomic E-state index is 0. The zero-order valence-corrected chi connectivity index (χ0v) is 15.5. The average molecular weight is 390 g/mol. The zero-order chi connectivity index (χ0) is 16.4. The molecule has 0 spiro atoms. The van der Waals surface area contributed by atoms with Gasteiger partial charge in [0, 0.05) is 25.3 Å². The highest BCUT2D eigenvalue weighted by atomic mass is 35.5. The first-order valence-electron chi connectivity index (χ1n) is 7.57. The predicted octanol–water partition coefficient (Wildman–Crippen LogP) is 3.42. The SMILES string of the molecule is CNCC1CCCN1C(=O)c1ccn(-c2ccc(Cl)c(Cl)c2)n1.Cl. The number of likely N-dealkylation sites (tertiary alicyclic amines) is 1. The van der Waals surface area contributed by atoms with Gasteiger partial charge in [0.1, 0.15) is 0 Å². The molecule has 2 aromatic rings. The van der Waals surface area contributed by atoms with Crippen LogP contribution in [0.1, 0.15) is 23.3 Å². The molecule has 2 heterocycles. The van der Waals surface area contributed by atoms with Crippen LogP contribution >= 0.6 is 35.6 Å². The Morgan fingerprint density at radius 3 is 2.83 bits per heavy atom. The van der Waals surface area contributed by atoms with E-state index in [9.17, 15) is 4.79 Å². The molecule has 0 saturated carbocycles. The van der Waals surface area contributed by atoms with Crippen molar-refractivity contribution in [3.05, 3.63) is 46.2 Å². The molecule has 1 aromatic heterocycles. The van der Waals surface area contributed by atoms with Gasteiger partial charge in [-0.2, -0.15) is 5.10 Å². The van der Waals surface area contributed by atoms with Gasteiger partial charge in [0.2, 0.25) is 0 Å². The fourth-order valence-electron chi connectivity index (χ4n) is 2.91. The number of carbonyl (C=O) groups excluding carboxylic acids is 1. The highest BCUT2D eigenvalue weighted by Gasteiger charge is 2.30. The molecule has 1 unspecified atom stereocenters. The highest BCUT2D eigenvalue weighted by molar-refractivity contribution is 6.42. The second-order valence-corrected chi connectivity index (χ2v) is 6.41. The molecule has 0 bridgehead atoms. The Hall–Kier alpha value is -1.27. The predicted molar refractivity (Wildman–Crippen MR) is 98.8 cm³/mol. The maximum atomic E-state index is 12.7. The maximum Gasteiger partial charge on any atom is 0.274 e. The molecule has 1 fully saturated rings. The molecule has 1 N–H and O–H groups in total. The van der Waals surface area contributed by atoms with E-state index in [0.29, 0.717) is 15.7 Å². The Morgan fingerprint density at radius 1 is 1.33 bits per heavy atom. The van der Waals surface area contributed by atoms with Crippen molar-refractivity contribution in [2.75, 3.05) is 20.1 Å². The second kappa shape index (κ2) is 8.21. The summed E-state index contributed by atoms with van der Waals surface area (Å²) in [4.78, 5) is 14.6. The summed E-state index contributed by atoms with van der Waals surface area (Å²) < 4.78 is 1.64. The standard InChI is InChI=1S/C16H18Cl2N4O.ClH/c1-19-10-12-3-2-7-21(12)16(23)15-6-8-22(20-15)11-4-5-13(17)14(18)9-11;/h4-6,8-9,12,19H,2-3,7,10H2,1H3;1H. The van der Waals surface area contributed by atoms with E-state index >= 15 is 0 Å². The molecule has 0 aliphatic carbocycles. The number of amides is 1. The summed E-state index contributed by atoms with van der Waals surface area (Å²) in [5.41, 5.74) is 1.21. The monoisotopic (exact) mass is 388 g/mol. The molecule has 24 heavy (non-hydrogen) atoms. The Bertz CT molecular complexity index is 719. The van der Waals surface area contributed by atoms with Crippen molar-refractivity contribution in [3.63, 3.8) is 0 Å². The van der Waals surface area contributed by atoms with Gasteiger partial charge >= 0.3 is 0 Å². The number of carbonyl (C=O) groups is 1. The van der Waals surface area contributed by atoms with Gasteiger partial charge in [-0.3, -0.25) is 4.79 Å². The number of nitrogens with zero attached hydrogens (tertiary/aromatic N) is 3. The van der Waals surface area contributed by atoms with Crippen LogP contribution in [0.3, 0.4) is 0 Å². The van der Waals surface area contributed by atoms with E-state index in [1.54, 1.807) is 29.1 Å². The fraction of sp³-hybridized carbons (Fsp3) is 0.375. The van der Waals surface area contributed by atoms with Crippen molar-refractivity contribution in [1.29, 1.82) is 0 Å².